The quantitative estimate of drug-likeness (QED) is 0.341. The number of nitrogens with zero attached hydrogens (tertiary/aromatic N) is 3. The summed E-state index contributed by atoms with van der Waals surface area (Å²) in [5, 5.41) is 12.6. The molecule has 0 unspecified atom stereocenters. The van der Waals surface area contributed by atoms with Crippen LogP contribution in [0.1, 0.15) is 19.3 Å². The Morgan fingerprint density at radius 1 is 1.07 bits per heavy atom. The zero-order chi connectivity index (χ0) is 20.4. The lowest BCUT2D eigenvalue weighted by molar-refractivity contribution is -0.384. The highest BCUT2D eigenvalue weighted by molar-refractivity contribution is 7.19. The predicted octanol–water partition coefficient (Wildman–Crippen LogP) is 6.79. The number of piperidine rings is 1. The van der Waals surface area contributed by atoms with E-state index in [9.17, 15) is 10.1 Å². The van der Waals surface area contributed by atoms with E-state index in [1.165, 1.54) is 18.6 Å². The second-order valence-corrected chi connectivity index (χ2v) is 8.51. The Morgan fingerprint density at radius 2 is 1.76 bits per heavy atom. The van der Waals surface area contributed by atoms with Crippen molar-refractivity contribution < 1.29 is 4.92 Å². The molecule has 0 aliphatic carbocycles. The van der Waals surface area contributed by atoms with Gasteiger partial charge in [-0.05, 0) is 54.3 Å². The Hall–Kier alpha value is -2.70. The number of aliphatic imine (C=N–C) groups is 1. The third-order valence-electron chi connectivity index (χ3n) is 5.05. The van der Waals surface area contributed by atoms with E-state index in [2.05, 4.69) is 18.0 Å². The number of hydrogen-bond donors (Lipinski definition) is 0. The van der Waals surface area contributed by atoms with Crippen molar-refractivity contribution in [2.24, 2.45) is 4.99 Å². The van der Waals surface area contributed by atoms with Crippen LogP contribution in [0.2, 0.25) is 5.02 Å². The van der Waals surface area contributed by atoms with E-state index in [0.29, 0.717) is 5.02 Å². The van der Waals surface area contributed by atoms with Crippen LogP contribution in [0.4, 0.5) is 10.7 Å². The van der Waals surface area contributed by atoms with Gasteiger partial charge in [0, 0.05) is 47.6 Å². The lowest BCUT2D eigenvalue weighted by atomic mass is 10.1. The molecular weight excluding hydrogens is 406 g/mol. The molecule has 0 N–H and O–H groups in total. The van der Waals surface area contributed by atoms with E-state index >= 15 is 0 Å². The molecule has 1 saturated heterocycles. The fourth-order valence-electron chi connectivity index (χ4n) is 3.40. The molecule has 1 aliphatic rings. The molecule has 1 fully saturated rings. The van der Waals surface area contributed by atoms with Crippen molar-refractivity contribution in [3.63, 3.8) is 0 Å². The fraction of sp³-hybridized carbons (Fsp3) is 0.227. The molecule has 1 aliphatic heterocycles. The van der Waals surface area contributed by atoms with Crippen LogP contribution >= 0.6 is 22.9 Å². The Morgan fingerprint density at radius 3 is 2.41 bits per heavy atom. The van der Waals surface area contributed by atoms with Gasteiger partial charge in [0.2, 0.25) is 0 Å². The Bertz CT molecular complexity index is 1060. The molecule has 148 valence electrons. The van der Waals surface area contributed by atoms with Crippen LogP contribution in [0.15, 0.2) is 59.6 Å². The zero-order valence-electron chi connectivity index (χ0n) is 16.0. The maximum Gasteiger partial charge on any atom is 0.269 e. The Kier molecular flexibility index (Phi) is 5.65. The van der Waals surface area contributed by atoms with Crippen LogP contribution in [-0.4, -0.2) is 29.3 Å². The molecular formula is C22H20ClN3O2S. The molecule has 0 saturated carbocycles. The topological polar surface area (TPSA) is 58.7 Å². The third kappa shape index (κ3) is 4.33. The van der Waals surface area contributed by atoms with Crippen molar-refractivity contribution in [2.45, 2.75) is 19.3 Å². The van der Waals surface area contributed by atoms with Gasteiger partial charge in [-0.2, -0.15) is 0 Å². The molecule has 2 heterocycles. The molecule has 5 nitrogen and oxygen atoms in total. The van der Waals surface area contributed by atoms with E-state index in [4.69, 9.17) is 16.6 Å². The first-order valence-electron chi connectivity index (χ1n) is 9.44. The summed E-state index contributed by atoms with van der Waals surface area (Å²) in [7, 11) is 2.09. The molecule has 29 heavy (non-hydrogen) atoms. The van der Waals surface area contributed by atoms with Crippen molar-refractivity contribution in [3.8, 4) is 21.6 Å². The van der Waals surface area contributed by atoms with E-state index in [-0.39, 0.29) is 10.6 Å². The lowest BCUT2D eigenvalue weighted by Gasteiger charge is -2.25. The summed E-state index contributed by atoms with van der Waals surface area (Å²) in [6.45, 7) is 1.02. The first kappa shape index (κ1) is 19.6. The molecule has 2 aromatic carbocycles. The van der Waals surface area contributed by atoms with Crippen LogP contribution in [-0.2, 0) is 0 Å². The number of non-ortho nitro benzene ring substituents is 1. The molecule has 3 aromatic rings. The van der Waals surface area contributed by atoms with Crippen molar-refractivity contribution in [1.82, 2.24) is 4.90 Å². The minimum atomic E-state index is -0.381. The summed E-state index contributed by atoms with van der Waals surface area (Å²) in [6, 6.07) is 16.5. The normalized spacial score (nSPS) is 15.7. The fourth-order valence-corrected chi connectivity index (χ4v) is 4.60. The smallest absolute Gasteiger partial charge is 0.269 e. The van der Waals surface area contributed by atoms with Crippen LogP contribution in [0.25, 0.3) is 21.6 Å². The monoisotopic (exact) mass is 425 g/mol. The third-order valence-corrected chi connectivity index (χ3v) is 6.38. The minimum absolute atomic E-state index is 0.0903. The summed E-state index contributed by atoms with van der Waals surface area (Å²) in [5.74, 6) is 1.10. The van der Waals surface area contributed by atoms with E-state index in [1.807, 2.05) is 24.3 Å². The number of hydrogen-bond acceptors (Lipinski definition) is 4. The highest BCUT2D eigenvalue weighted by Crippen LogP contribution is 2.44. The minimum Gasteiger partial charge on any atom is -0.363 e. The SMILES string of the molecule is CN1CCCC/C1=N/c1sc(-c2ccc([N+](=O)[O-])cc2)cc1-c1ccc(Cl)cc1. The van der Waals surface area contributed by atoms with Gasteiger partial charge >= 0.3 is 0 Å². The summed E-state index contributed by atoms with van der Waals surface area (Å²) in [6.07, 6.45) is 3.32. The van der Waals surface area contributed by atoms with Gasteiger partial charge in [0.25, 0.3) is 5.69 Å². The van der Waals surface area contributed by atoms with Crippen LogP contribution < -0.4 is 0 Å². The van der Waals surface area contributed by atoms with Gasteiger partial charge in [0.05, 0.1) is 4.92 Å². The summed E-state index contributed by atoms with van der Waals surface area (Å²) >= 11 is 7.67. The second-order valence-electron chi connectivity index (χ2n) is 7.05. The number of benzene rings is 2. The number of nitro groups is 1. The maximum atomic E-state index is 10.9. The Labute approximate surface area is 178 Å². The predicted molar refractivity (Wildman–Crippen MR) is 120 cm³/mol. The number of halogens is 1. The molecule has 7 heteroatoms. The van der Waals surface area contributed by atoms with E-state index in [1.54, 1.807) is 23.5 Å². The molecule has 0 atom stereocenters. The van der Waals surface area contributed by atoms with Crippen molar-refractivity contribution >= 4 is 39.5 Å². The van der Waals surface area contributed by atoms with Gasteiger partial charge in [-0.3, -0.25) is 10.1 Å². The highest BCUT2D eigenvalue weighted by atomic mass is 35.5. The van der Waals surface area contributed by atoms with Crippen molar-refractivity contribution in [3.05, 3.63) is 69.7 Å². The van der Waals surface area contributed by atoms with Gasteiger partial charge in [-0.1, -0.05) is 23.7 Å². The first-order chi connectivity index (χ1) is 14.0. The van der Waals surface area contributed by atoms with Crippen LogP contribution in [0.3, 0.4) is 0 Å². The number of amidine groups is 1. The standard InChI is InChI=1S/C22H20ClN3O2S/c1-25-13-3-2-4-21(25)24-22-19(15-5-9-17(23)10-6-15)14-20(29-22)16-7-11-18(12-8-16)26(27)28/h5-12,14H,2-4,13H2,1H3/b24-21-. The van der Waals surface area contributed by atoms with Gasteiger partial charge in [0.15, 0.2) is 0 Å². The molecule has 4 rings (SSSR count). The largest absolute Gasteiger partial charge is 0.363 e. The number of rotatable bonds is 4. The van der Waals surface area contributed by atoms with Gasteiger partial charge in [0.1, 0.15) is 10.8 Å². The average Bonchev–Trinajstić information content (AvgIpc) is 3.14. The maximum absolute atomic E-state index is 10.9. The number of thiophene rings is 1. The summed E-state index contributed by atoms with van der Waals surface area (Å²) < 4.78 is 0. The van der Waals surface area contributed by atoms with Crippen molar-refractivity contribution in [2.75, 3.05) is 13.6 Å². The first-order valence-corrected chi connectivity index (χ1v) is 10.6. The van der Waals surface area contributed by atoms with Crippen LogP contribution in [0, 0.1) is 10.1 Å². The average molecular weight is 426 g/mol. The van der Waals surface area contributed by atoms with Gasteiger partial charge in [-0.15, -0.1) is 11.3 Å². The molecule has 0 bridgehead atoms. The lowest BCUT2D eigenvalue weighted by Crippen LogP contribution is -2.31. The number of likely N-dealkylation sites (tertiary alicyclic amines) is 1. The van der Waals surface area contributed by atoms with Gasteiger partial charge < -0.3 is 4.90 Å². The van der Waals surface area contributed by atoms with Crippen LogP contribution in [0.5, 0.6) is 0 Å². The molecule has 0 spiro atoms. The Balaban J connectivity index is 1.78. The zero-order valence-corrected chi connectivity index (χ0v) is 17.5. The molecule has 0 amide bonds. The second kappa shape index (κ2) is 8.35. The summed E-state index contributed by atoms with van der Waals surface area (Å²) in [5.41, 5.74) is 3.13. The van der Waals surface area contributed by atoms with E-state index < -0.39 is 0 Å². The van der Waals surface area contributed by atoms with Crippen molar-refractivity contribution in [1.29, 1.82) is 0 Å². The highest BCUT2D eigenvalue weighted by Gasteiger charge is 2.17. The molecule has 0 radical (unpaired) electrons. The van der Waals surface area contributed by atoms with E-state index in [0.717, 1.165) is 51.8 Å². The molecule has 1 aromatic heterocycles. The number of nitro benzene ring substituents is 1. The van der Waals surface area contributed by atoms with Gasteiger partial charge in [-0.25, -0.2) is 4.99 Å². The summed E-state index contributed by atoms with van der Waals surface area (Å²) in [4.78, 5) is 18.8.